The maximum Gasteiger partial charge on any atom is 0.332 e. The molecule has 0 saturated carbocycles. The summed E-state index contributed by atoms with van der Waals surface area (Å²) in [5, 5.41) is 0. The molecule has 0 amide bonds. The largest absolute Gasteiger partial charge is 0.376 e. The van der Waals surface area contributed by atoms with Gasteiger partial charge in [-0.3, -0.25) is 0 Å². The molecule has 0 saturated heterocycles. The Kier molecular flexibility index (Phi) is 2.28. The standard InChI is InChI=1S/C9H9FO3S/c10-14(11,12)9-2-1-7-3-4-13-6-8(7)5-9/h1-2,5H,3-4,6H2. The summed E-state index contributed by atoms with van der Waals surface area (Å²) in [7, 11) is -4.59. The van der Waals surface area contributed by atoms with Crippen molar-refractivity contribution < 1.29 is 17.0 Å². The first-order chi connectivity index (χ1) is 6.57. The molecule has 76 valence electrons. The summed E-state index contributed by atoms with van der Waals surface area (Å²) in [4.78, 5) is -0.290. The van der Waals surface area contributed by atoms with Crippen LogP contribution in [0, 0.1) is 0 Å². The Morgan fingerprint density at radius 1 is 1.29 bits per heavy atom. The van der Waals surface area contributed by atoms with E-state index in [9.17, 15) is 12.3 Å². The van der Waals surface area contributed by atoms with E-state index in [4.69, 9.17) is 4.74 Å². The van der Waals surface area contributed by atoms with E-state index < -0.39 is 10.2 Å². The first kappa shape index (κ1) is 9.61. The highest BCUT2D eigenvalue weighted by atomic mass is 32.3. The Morgan fingerprint density at radius 3 is 2.79 bits per heavy atom. The molecular formula is C9H9FO3S. The summed E-state index contributed by atoms with van der Waals surface area (Å²) in [6.45, 7) is 0.993. The predicted octanol–water partition coefficient (Wildman–Crippen LogP) is 1.42. The highest BCUT2D eigenvalue weighted by molar-refractivity contribution is 7.86. The molecule has 1 aliphatic rings. The van der Waals surface area contributed by atoms with Crippen molar-refractivity contribution in [2.24, 2.45) is 0 Å². The highest BCUT2D eigenvalue weighted by Gasteiger charge is 2.16. The Bertz CT molecular complexity index is 453. The summed E-state index contributed by atoms with van der Waals surface area (Å²) in [6, 6.07) is 4.27. The van der Waals surface area contributed by atoms with Crippen molar-refractivity contribution in [2.75, 3.05) is 6.61 Å². The molecule has 0 aliphatic carbocycles. The number of fused-ring (bicyclic) bond motifs is 1. The third-order valence-electron chi connectivity index (χ3n) is 2.23. The lowest BCUT2D eigenvalue weighted by atomic mass is 10.0. The highest BCUT2D eigenvalue weighted by Crippen LogP contribution is 2.21. The van der Waals surface area contributed by atoms with E-state index in [1.807, 2.05) is 0 Å². The molecule has 1 aliphatic heterocycles. The van der Waals surface area contributed by atoms with Gasteiger partial charge in [0.1, 0.15) is 0 Å². The van der Waals surface area contributed by atoms with E-state index in [1.54, 1.807) is 6.07 Å². The smallest absolute Gasteiger partial charge is 0.332 e. The summed E-state index contributed by atoms with van der Waals surface area (Å²) in [5.74, 6) is 0. The predicted molar refractivity (Wildman–Crippen MR) is 48.1 cm³/mol. The fourth-order valence-electron chi connectivity index (χ4n) is 1.50. The molecular weight excluding hydrogens is 207 g/mol. The van der Waals surface area contributed by atoms with Crippen LogP contribution in [0.4, 0.5) is 3.89 Å². The fraction of sp³-hybridized carbons (Fsp3) is 0.333. The van der Waals surface area contributed by atoms with Crippen molar-refractivity contribution in [1.82, 2.24) is 0 Å². The second-order valence-electron chi connectivity index (χ2n) is 3.17. The second-order valence-corrected chi connectivity index (χ2v) is 4.52. The molecule has 0 bridgehead atoms. The topological polar surface area (TPSA) is 43.4 Å². The third-order valence-corrected chi connectivity index (χ3v) is 3.05. The zero-order valence-electron chi connectivity index (χ0n) is 7.36. The average Bonchev–Trinajstić information content (AvgIpc) is 2.16. The van der Waals surface area contributed by atoms with Crippen molar-refractivity contribution in [3.05, 3.63) is 29.3 Å². The van der Waals surface area contributed by atoms with E-state index in [1.165, 1.54) is 12.1 Å². The van der Waals surface area contributed by atoms with Crippen LogP contribution in [0.5, 0.6) is 0 Å². The number of benzene rings is 1. The zero-order chi connectivity index (χ0) is 10.2. The minimum atomic E-state index is -4.59. The zero-order valence-corrected chi connectivity index (χ0v) is 8.18. The number of hydrogen-bond acceptors (Lipinski definition) is 3. The lowest BCUT2D eigenvalue weighted by molar-refractivity contribution is 0.110. The van der Waals surface area contributed by atoms with Gasteiger partial charge in [0, 0.05) is 0 Å². The van der Waals surface area contributed by atoms with Crippen LogP contribution in [-0.4, -0.2) is 15.0 Å². The van der Waals surface area contributed by atoms with Gasteiger partial charge in [-0.15, -0.1) is 3.89 Å². The molecule has 0 unspecified atom stereocenters. The quantitative estimate of drug-likeness (QED) is 0.667. The van der Waals surface area contributed by atoms with Gasteiger partial charge in [-0.2, -0.15) is 8.42 Å². The van der Waals surface area contributed by atoms with Crippen LogP contribution in [0.25, 0.3) is 0 Å². The summed E-state index contributed by atoms with van der Waals surface area (Å²) in [5.41, 5.74) is 1.79. The second kappa shape index (κ2) is 3.33. The van der Waals surface area contributed by atoms with E-state index in [2.05, 4.69) is 0 Å². The Balaban J connectivity index is 2.49. The Morgan fingerprint density at radius 2 is 2.07 bits per heavy atom. The molecule has 0 atom stereocenters. The van der Waals surface area contributed by atoms with E-state index in [-0.39, 0.29) is 4.90 Å². The van der Waals surface area contributed by atoms with Crippen LogP contribution in [0.1, 0.15) is 11.1 Å². The molecule has 0 spiro atoms. The molecule has 0 fully saturated rings. The normalized spacial score (nSPS) is 16.4. The van der Waals surface area contributed by atoms with Gasteiger partial charge < -0.3 is 4.74 Å². The van der Waals surface area contributed by atoms with Crippen molar-refractivity contribution in [3.63, 3.8) is 0 Å². The molecule has 1 aromatic rings. The molecule has 14 heavy (non-hydrogen) atoms. The van der Waals surface area contributed by atoms with Crippen LogP contribution in [0.2, 0.25) is 0 Å². The molecule has 0 N–H and O–H groups in total. The lowest BCUT2D eigenvalue weighted by Gasteiger charge is -2.16. The summed E-state index contributed by atoms with van der Waals surface area (Å²) in [6.07, 6.45) is 0.752. The van der Waals surface area contributed by atoms with Crippen molar-refractivity contribution in [3.8, 4) is 0 Å². The van der Waals surface area contributed by atoms with Gasteiger partial charge in [0.2, 0.25) is 0 Å². The van der Waals surface area contributed by atoms with Gasteiger partial charge >= 0.3 is 10.2 Å². The molecule has 1 aromatic carbocycles. The number of halogens is 1. The first-order valence-corrected chi connectivity index (χ1v) is 5.60. The van der Waals surface area contributed by atoms with Crippen LogP contribution in [0.3, 0.4) is 0 Å². The maximum atomic E-state index is 12.6. The van der Waals surface area contributed by atoms with Crippen LogP contribution < -0.4 is 0 Å². The van der Waals surface area contributed by atoms with E-state index >= 15 is 0 Å². The first-order valence-electron chi connectivity index (χ1n) is 4.21. The third kappa shape index (κ3) is 1.78. The number of rotatable bonds is 1. The maximum absolute atomic E-state index is 12.6. The number of ether oxygens (including phenoxy) is 1. The van der Waals surface area contributed by atoms with Crippen LogP contribution >= 0.6 is 0 Å². The van der Waals surface area contributed by atoms with Crippen LogP contribution in [-0.2, 0) is 28.0 Å². The van der Waals surface area contributed by atoms with Gasteiger partial charge in [0.05, 0.1) is 18.1 Å². The van der Waals surface area contributed by atoms with Crippen molar-refractivity contribution in [2.45, 2.75) is 17.9 Å². The average molecular weight is 216 g/mol. The molecule has 0 radical (unpaired) electrons. The summed E-state index contributed by atoms with van der Waals surface area (Å²) < 4.78 is 39.0. The van der Waals surface area contributed by atoms with Gasteiger partial charge in [-0.25, -0.2) is 0 Å². The minimum absolute atomic E-state index is 0.290. The van der Waals surface area contributed by atoms with E-state index in [0.717, 1.165) is 17.5 Å². The van der Waals surface area contributed by atoms with Gasteiger partial charge in [-0.1, -0.05) is 6.07 Å². The molecule has 1 heterocycles. The molecule has 2 rings (SSSR count). The van der Waals surface area contributed by atoms with Crippen molar-refractivity contribution in [1.29, 1.82) is 0 Å². The van der Waals surface area contributed by atoms with Crippen molar-refractivity contribution >= 4 is 10.2 Å². The monoisotopic (exact) mass is 216 g/mol. The van der Waals surface area contributed by atoms with Gasteiger partial charge in [-0.05, 0) is 29.7 Å². The summed E-state index contributed by atoms with van der Waals surface area (Å²) >= 11 is 0. The Labute approximate surface area is 81.7 Å². The van der Waals surface area contributed by atoms with Crippen LogP contribution in [0.15, 0.2) is 23.1 Å². The van der Waals surface area contributed by atoms with Gasteiger partial charge in [0.25, 0.3) is 0 Å². The van der Waals surface area contributed by atoms with E-state index in [0.29, 0.717) is 13.2 Å². The molecule has 5 heteroatoms. The number of hydrogen-bond donors (Lipinski definition) is 0. The Hall–Kier alpha value is -0.940. The molecule has 0 aromatic heterocycles. The lowest BCUT2D eigenvalue weighted by Crippen LogP contribution is -2.10. The fourth-order valence-corrected chi connectivity index (χ4v) is 2.01. The van der Waals surface area contributed by atoms with Gasteiger partial charge in [0.15, 0.2) is 0 Å². The molecule has 3 nitrogen and oxygen atoms in total. The minimum Gasteiger partial charge on any atom is -0.376 e. The SMILES string of the molecule is O=S(=O)(F)c1ccc2c(c1)COCC2.